The van der Waals surface area contributed by atoms with E-state index in [1.54, 1.807) is 60.7 Å². The van der Waals surface area contributed by atoms with E-state index >= 15 is 0 Å². The van der Waals surface area contributed by atoms with Gasteiger partial charge < -0.3 is 0 Å². The summed E-state index contributed by atoms with van der Waals surface area (Å²) < 4.78 is 29.9. The predicted molar refractivity (Wildman–Crippen MR) is 107 cm³/mol. The summed E-state index contributed by atoms with van der Waals surface area (Å²) in [5.74, 6) is -0.0920. The molecule has 0 saturated heterocycles. The number of hydrogen-bond donors (Lipinski definition) is 0. The fourth-order valence-electron chi connectivity index (χ4n) is 2.64. The second-order valence-corrected chi connectivity index (χ2v) is 7.84. The molecule has 0 spiro atoms. The number of rotatable bonds is 5. The summed E-state index contributed by atoms with van der Waals surface area (Å²) in [4.78, 5) is 11.9. The number of nitrogens with zero attached hydrogens (tertiary/aromatic N) is 1. The van der Waals surface area contributed by atoms with Gasteiger partial charge in [0.05, 0.1) is 10.6 Å². The Balaban J connectivity index is 2.19. The largest absolute Gasteiger partial charge is 0.295 e. The Bertz CT molecular complexity index is 1100. The first kappa shape index (κ1) is 18.7. The minimum atomic E-state index is -3.90. The van der Waals surface area contributed by atoms with Crippen molar-refractivity contribution in [2.75, 3.05) is 0 Å². The lowest BCUT2D eigenvalue weighted by Gasteiger charge is -2.09. The minimum Gasteiger partial charge on any atom is -0.295 e. The number of carbonyl (C=O) groups is 1. The van der Waals surface area contributed by atoms with Crippen molar-refractivity contribution in [3.63, 3.8) is 0 Å². The average molecular weight is 377 g/mol. The molecule has 3 rings (SSSR count). The lowest BCUT2D eigenvalue weighted by molar-refractivity contribution is 0.101. The van der Waals surface area contributed by atoms with E-state index in [0.29, 0.717) is 22.4 Å². The van der Waals surface area contributed by atoms with E-state index in [2.05, 4.69) is 4.40 Å². The van der Waals surface area contributed by atoms with Crippen LogP contribution >= 0.6 is 0 Å². The zero-order valence-corrected chi connectivity index (χ0v) is 15.9. The van der Waals surface area contributed by atoms with E-state index < -0.39 is 10.0 Å². The van der Waals surface area contributed by atoms with Gasteiger partial charge in [-0.3, -0.25) is 4.79 Å². The van der Waals surface area contributed by atoms with Crippen LogP contribution in [0.4, 0.5) is 0 Å². The lowest BCUT2D eigenvalue weighted by Crippen LogP contribution is -2.09. The molecular formula is C22H19NO3S. The van der Waals surface area contributed by atoms with Crippen molar-refractivity contribution in [2.24, 2.45) is 4.40 Å². The maximum absolute atomic E-state index is 12.9. The summed E-state index contributed by atoms with van der Waals surface area (Å²) in [5, 5.41) is 0. The van der Waals surface area contributed by atoms with Gasteiger partial charge in [0, 0.05) is 16.7 Å². The Morgan fingerprint density at radius 2 is 1.37 bits per heavy atom. The van der Waals surface area contributed by atoms with Gasteiger partial charge in [-0.05, 0) is 32.0 Å². The normalized spacial score (nSPS) is 12.0. The van der Waals surface area contributed by atoms with Crippen molar-refractivity contribution in [2.45, 2.75) is 18.7 Å². The standard InChI is InChI=1S/C22H19NO3S/c1-16-11-13-21(14-12-16)27(25,26)23-22(18-7-4-3-5-8-18)20-10-6-9-19(15-20)17(2)24/h3-15H,1-2H3/b23-22+. The van der Waals surface area contributed by atoms with Crippen LogP contribution in [-0.2, 0) is 10.0 Å². The van der Waals surface area contributed by atoms with E-state index in [-0.39, 0.29) is 10.7 Å². The maximum Gasteiger partial charge on any atom is 0.282 e. The molecule has 3 aromatic carbocycles. The van der Waals surface area contributed by atoms with Gasteiger partial charge >= 0.3 is 0 Å². The number of Topliss-reactive ketones (excluding diaryl/α,β-unsaturated/α-hetero) is 1. The molecule has 27 heavy (non-hydrogen) atoms. The summed E-state index contributed by atoms with van der Waals surface area (Å²) in [6.45, 7) is 3.36. The van der Waals surface area contributed by atoms with Gasteiger partial charge in [-0.15, -0.1) is 0 Å². The highest BCUT2D eigenvalue weighted by molar-refractivity contribution is 7.90. The first-order valence-corrected chi connectivity index (χ1v) is 9.89. The summed E-state index contributed by atoms with van der Waals surface area (Å²) in [6.07, 6.45) is 0. The highest BCUT2D eigenvalue weighted by Crippen LogP contribution is 2.19. The summed E-state index contributed by atoms with van der Waals surface area (Å²) in [7, 11) is -3.90. The molecule has 5 heteroatoms. The van der Waals surface area contributed by atoms with Crippen LogP contribution in [-0.4, -0.2) is 19.9 Å². The molecule has 0 aliphatic heterocycles. The van der Waals surface area contributed by atoms with Crippen LogP contribution in [0.25, 0.3) is 0 Å². The van der Waals surface area contributed by atoms with Crippen LogP contribution in [0.2, 0.25) is 0 Å². The number of carbonyl (C=O) groups excluding carboxylic acids is 1. The van der Waals surface area contributed by atoms with E-state index in [1.807, 2.05) is 25.1 Å². The molecule has 0 radical (unpaired) electrons. The molecule has 0 fully saturated rings. The molecule has 0 amide bonds. The Morgan fingerprint density at radius 3 is 2.00 bits per heavy atom. The Kier molecular flexibility index (Phi) is 5.33. The van der Waals surface area contributed by atoms with Gasteiger partial charge in [-0.25, -0.2) is 0 Å². The van der Waals surface area contributed by atoms with Crippen LogP contribution < -0.4 is 0 Å². The van der Waals surface area contributed by atoms with Gasteiger partial charge in [-0.1, -0.05) is 66.2 Å². The van der Waals surface area contributed by atoms with Crippen LogP contribution in [0.3, 0.4) is 0 Å². The minimum absolute atomic E-state index is 0.0920. The average Bonchev–Trinajstić information content (AvgIpc) is 2.67. The molecule has 0 bridgehead atoms. The van der Waals surface area contributed by atoms with E-state index in [9.17, 15) is 13.2 Å². The maximum atomic E-state index is 12.9. The van der Waals surface area contributed by atoms with E-state index in [0.717, 1.165) is 5.56 Å². The molecular weight excluding hydrogens is 358 g/mol. The van der Waals surface area contributed by atoms with Crippen LogP contribution in [0.15, 0.2) is 88.2 Å². The molecule has 0 N–H and O–H groups in total. The van der Waals surface area contributed by atoms with Crippen LogP contribution in [0.1, 0.15) is 34.0 Å². The molecule has 0 aromatic heterocycles. The summed E-state index contributed by atoms with van der Waals surface area (Å²) in [5.41, 5.74) is 3.01. The second-order valence-electron chi connectivity index (χ2n) is 6.23. The van der Waals surface area contributed by atoms with Gasteiger partial charge in [-0.2, -0.15) is 12.8 Å². The van der Waals surface area contributed by atoms with Gasteiger partial charge in [0.1, 0.15) is 0 Å². The molecule has 0 atom stereocenters. The van der Waals surface area contributed by atoms with E-state index in [4.69, 9.17) is 0 Å². The molecule has 4 nitrogen and oxygen atoms in total. The molecule has 0 saturated carbocycles. The van der Waals surface area contributed by atoms with Crippen molar-refractivity contribution < 1.29 is 13.2 Å². The summed E-state index contributed by atoms with van der Waals surface area (Å²) >= 11 is 0. The summed E-state index contributed by atoms with van der Waals surface area (Å²) in [6, 6.07) is 22.5. The monoisotopic (exact) mass is 377 g/mol. The Morgan fingerprint density at radius 1 is 0.778 bits per heavy atom. The molecule has 3 aromatic rings. The lowest BCUT2D eigenvalue weighted by atomic mass is 10.00. The number of hydrogen-bond acceptors (Lipinski definition) is 3. The third-order valence-corrected chi connectivity index (χ3v) is 5.41. The SMILES string of the molecule is CC(=O)c1cccc(/C(=N/S(=O)(=O)c2ccc(C)cc2)c2ccccc2)c1. The number of benzene rings is 3. The first-order chi connectivity index (χ1) is 12.9. The zero-order chi connectivity index (χ0) is 19.4. The topological polar surface area (TPSA) is 63.6 Å². The fraction of sp³-hybridized carbons (Fsp3) is 0.0909. The predicted octanol–water partition coefficient (Wildman–Crippen LogP) is 4.42. The van der Waals surface area contributed by atoms with Crippen LogP contribution in [0, 0.1) is 6.92 Å². The number of sulfonamides is 1. The number of ketones is 1. The molecule has 0 heterocycles. The zero-order valence-electron chi connectivity index (χ0n) is 15.1. The molecule has 0 unspecified atom stereocenters. The van der Waals surface area contributed by atoms with Crippen molar-refractivity contribution in [3.05, 3.63) is 101 Å². The van der Waals surface area contributed by atoms with Gasteiger partial charge in [0.2, 0.25) is 0 Å². The highest BCUT2D eigenvalue weighted by atomic mass is 32.2. The number of aryl methyl sites for hydroxylation is 1. The third kappa shape index (κ3) is 4.38. The van der Waals surface area contributed by atoms with E-state index in [1.165, 1.54) is 6.92 Å². The Labute approximate surface area is 159 Å². The second kappa shape index (κ2) is 7.68. The van der Waals surface area contributed by atoms with Crippen molar-refractivity contribution in [1.82, 2.24) is 0 Å². The van der Waals surface area contributed by atoms with Gasteiger partial charge in [0.15, 0.2) is 5.78 Å². The molecule has 0 aliphatic rings. The smallest absolute Gasteiger partial charge is 0.282 e. The van der Waals surface area contributed by atoms with Crippen molar-refractivity contribution in [1.29, 1.82) is 0 Å². The molecule has 0 aliphatic carbocycles. The fourth-order valence-corrected chi connectivity index (χ4v) is 3.67. The van der Waals surface area contributed by atoms with Gasteiger partial charge in [0.25, 0.3) is 10.0 Å². The highest BCUT2D eigenvalue weighted by Gasteiger charge is 2.17. The quantitative estimate of drug-likeness (QED) is 0.488. The van der Waals surface area contributed by atoms with Crippen LogP contribution in [0.5, 0.6) is 0 Å². The molecule has 136 valence electrons. The first-order valence-electron chi connectivity index (χ1n) is 8.45. The van der Waals surface area contributed by atoms with Crippen molar-refractivity contribution >= 4 is 21.5 Å². The van der Waals surface area contributed by atoms with Crippen molar-refractivity contribution in [3.8, 4) is 0 Å². The Hall–Kier alpha value is -3.05. The third-order valence-electron chi connectivity index (χ3n) is 4.12.